The van der Waals surface area contributed by atoms with Gasteiger partial charge in [-0.25, -0.2) is 4.79 Å². The first-order valence-electron chi connectivity index (χ1n) is 8.20. The Hall–Kier alpha value is -1.95. The summed E-state index contributed by atoms with van der Waals surface area (Å²) in [4.78, 5) is 22.3. The molecule has 6 nitrogen and oxygen atoms in total. The molecule has 0 bridgehead atoms. The standard InChI is InChI=1S/C13H14ClNO5.2C2H6/c1-2-5-19-10-7-11-9(6-8(10)14)15(13(18)20-11)4-3-12(16)17;2*1-2/h6-7H,2-5H2,1H3,(H,16,17);2*1-2H3. The summed E-state index contributed by atoms with van der Waals surface area (Å²) >= 11 is 6.08. The van der Waals surface area contributed by atoms with Crippen LogP contribution in [0.3, 0.4) is 0 Å². The van der Waals surface area contributed by atoms with E-state index in [2.05, 4.69) is 0 Å². The van der Waals surface area contributed by atoms with Gasteiger partial charge in [0.15, 0.2) is 5.58 Å². The quantitative estimate of drug-likeness (QED) is 0.817. The van der Waals surface area contributed by atoms with E-state index >= 15 is 0 Å². The minimum absolute atomic E-state index is 0.0344. The van der Waals surface area contributed by atoms with Crippen LogP contribution in [0.2, 0.25) is 5.02 Å². The monoisotopic (exact) mass is 359 g/mol. The second-order valence-electron chi connectivity index (χ2n) is 4.26. The smallest absolute Gasteiger partial charge is 0.419 e. The Morgan fingerprint density at radius 2 is 1.92 bits per heavy atom. The van der Waals surface area contributed by atoms with Crippen LogP contribution in [-0.2, 0) is 11.3 Å². The van der Waals surface area contributed by atoms with Crippen LogP contribution < -0.4 is 10.5 Å². The van der Waals surface area contributed by atoms with Crippen molar-refractivity contribution in [3.63, 3.8) is 0 Å². The van der Waals surface area contributed by atoms with Crippen LogP contribution in [0.15, 0.2) is 21.3 Å². The van der Waals surface area contributed by atoms with Gasteiger partial charge in [0.05, 0.1) is 23.6 Å². The first-order chi connectivity index (χ1) is 11.5. The second-order valence-corrected chi connectivity index (χ2v) is 4.67. The summed E-state index contributed by atoms with van der Waals surface area (Å²) in [7, 11) is 0. The fourth-order valence-corrected chi connectivity index (χ4v) is 2.02. The molecule has 0 unspecified atom stereocenters. The highest BCUT2D eigenvalue weighted by molar-refractivity contribution is 6.32. The van der Waals surface area contributed by atoms with Crippen molar-refractivity contribution in [3.05, 3.63) is 27.7 Å². The fourth-order valence-electron chi connectivity index (χ4n) is 1.81. The molecule has 7 heteroatoms. The van der Waals surface area contributed by atoms with E-state index in [9.17, 15) is 9.59 Å². The van der Waals surface area contributed by atoms with Crippen LogP contribution >= 0.6 is 11.6 Å². The van der Waals surface area contributed by atoms with E-state index in [1.54, 1.807) is 12.1 Å². The molecule has 0 aliphatic heterocycles. The number of aromatic nitrogens is 1. The summed E-state index contributed by atoms with van der Waals surface area (Å²) < 4.78 is 11.8. The molecule has 1 aromatic heterocycles. The average Bonchev–Trinajstić information content (AvgIpc) is 2.88. The van der Waals surface area contributed by atoms with Crippen molar-refractivity contribution >= 4 is 28.7 Å². The number of carboxylic acids is 1. The summed E-state index contributed by atoms with van der Waals surface area (Å²) in [6.45, 7) is 10.5. The highest BCUT2D eigenvalue weighted by atomic mass is 35.5. The third-order valence-corrected chi connectivity index (χ3v) is 3.03. The lowest BCUT2D eigenvalue weighted by molar-refractivity contribution is -0.137. The van der Waals surface area contributed by atoms with Crippen molar-refractivity contribution in [3.8, 4) is 5.75 Å². The third kappa shape index (κ3) is 5.92. The number of fused-ring (bicyclic) bond motifs is 1. The Bertz CT molecular complexity index is 690. The molecular formula is C17H26ClNO5. The predicted molar refractivity (Wildman–Crippen MR) is 96.2 cm³/mol. The van der Waals surface area contributed by atoms with Gasteiger partial charge in [-0.3, -0.25) is 9.36 Å². The Balaban J connectivity index is 0.00000123. The molecule has 2 rings (SSSR count). The lowest BCUT2D eigenvalue weighted by atomic mass is 10.3. The number of ether oxygens (including phenoxy) is 1. The van der Waals surface area contributed by atoms with E-state index in [1.165, 1.54) is 4.57 Å². The van der Waals surface area contributed by atoms with Gasteiger partial charge < -0.3 is 14.3 Å². The maximum Gasteiger partial charge on any atom is 0.419 e. The van der Waals surface area contributed by atoms with E-state index in [1.807, 2.05) is 34.6 Å². The van der Waals surface area contributed by atoms with Gasteiger partial charge in [-0.2, -0.15) is 0 Å². The third-order valence-electron chi connectivity index (χ3n) is 2.73. The van der Waals surface area contributed by atoms with Crippen molar-refractivity contribution in [1.82, 2.24) is 4.57 Å². The largest absolute Gasteiger partial charge is 0.492 e. The number of nitrogens with zero attached hydrogens (tertiary/aromatic N) is 1. The second kappa shape index (κ2) is 11.6. The number of aliphatic carboxylic acids is 1. The van der Waals surface area contributed by atoms with E-state index in [0.29, 0.717) is 28.5 Å². The number of carbonyl (C=O) groups is 1. The van der Waals surface area contributed by atoms with Gasteiger partial charge in [-0.1, -0.05) is 46.2 Å². The van der Waals surface area contributed by atoms with E-state index in [4.69, 9.17) is 25.9 Å². The average molecular weight is 360 g/mol. The Morgan fingerprint density at radius 1 is 1.29 bits per heavy atom. The first kappa shape index (κ1) is 22.1. The van der Waals surface area contributed by atoms with Gasteiger partial charge in [-0.05, 0) is 12.5 Å². The van der Waals surface area contributed by atoms with Crippen molar-refractivity contribution in [2.75, 3.05) is 6.61 Å². The molecule has 24 heavy (non-hydrogen) atoms. The molecule has 0 fully saturated rings. The van der Waals surface area contributed by atoms with Crippen LogP contribution in [0.4, 0.5) is 0 Å². The molecule has 0 amide bonds. The Labute approximate surface area is 147 Å². The normalized spacial score (nSPS) is 9.58. The van der Waals surface area contributed by atoms with Gasteiger partial charge in [0, 0.05) is 12.6 Å². The molecule has 2 aromatic rings. The minimum atomic E-state index is -0.986. The zero-order chi connectivity index (χ0) is 18.7. The summed E-state index contributed by atoms with van der Waals surface area (Å²) in [6, 6.07) is 3.10. The summed E-state index contributed by atoms with van der Waals surface area (Å²) in [5.41, 5.74) is 0.793. The highest BCUT2D eigenvalue weighted by Crippen LogP contribution is 2.30. The Kier molecular flexibility index (Phi) is 10.6. The van der Waals surface area contributed by atoms with Crippen molar-refractivity contribution in [1.29, 1.82) is 0 Å². The number of halogens is 1. The zero-order valence-corrected chi connectivity index (χ0v) is 15.6. The van der Waals surface area contributed by atoms with E-state index in [0.717, 1.165) is 6.42 Å². The van der Waals surface area contributed by atoms with Crippen molar-refractivity contribution < 1.29 is 19.1 Å². The number of rotatable bonds is 6. The highest BCUT2D eigenvalue weighted by Gasteiger charge is 2.14. The molecule has 1 heterocycles. The van der Waals surface area contributed by atoms with Crippen LogP contribution in [0, 0.1) is 0 Å². The molecule has 0 atom stereocenters. The molecule has 0 radical (unpaired) electrons. The predicted octanol–water partition coefficient (Wildman–Crippen LogP) is 4.56. The van der Waals surface area contributed by atoms with Crippen molar-refractivity contribution in [2.24, 2.45) is 0 Å². The molecule has 0 saturated carbocycles. The number of carboxylic acid groups (broad SMARTS) is 1. The zero-order valence-electron chi connectivity index (χ0n) is 14.9. The van der Waals surface area contributed by atoms with Crippen LogP contribution in [0.5, 0.6) is 5.75 Å². The first-order valence-corrected chi connectivity index (χ1v) is 8.58. The minimum Gasteiger partial charge on any atom is -0.492 e. The number of benzene rings is 1. The molecule has 1 aromatic carbocycles. The molecule has 0 spiro atoms. The molecule has 136 valence electrons. The summed E-state index contributed by atoms with van der Waals surface area (Å²) in [6.07, 6.45) is 0.665. The Morgan fingerprint density at radius 3 is 2.46 bits per heavy atom. The topological polar surface area (TPSA) is 81.7 Å². The molecule has 0 aliphatic rings. The van der Waals surface area contributed by atoms with Gasteiger partial charge >= 0.3 is 11.7 Å². The number of hydrogen-bond donors (Lipinski definition) is 1. The molecular weight excluding hydrogens is 334 g/mol. The summed E-state index contributed by atoms with van der Waals surface area (Å²) in [5, 5.41) is 9.04. The summed E-state index contributed by atoms with van der Waals surface area (Å²) in [5.74, 6) is -1.15. The maximum atomic E-state index is 11.7. The van der Waals surface area contributed by atoms with E-state index in [-0.39, 0.29) is 13.0 Å². The molecule has 0 saturated heterocycles. The molecule has 1 N–H and O–H groups in total. The molecule has 0 aliphatic carbocycles. The van der Waals surface area contributed by atoms with Crippen molar-refractivity contribution in [2.45, 2.75) is 54.0 Å². The fraction of sp³-hybridized carbons (Fsp3) is 0.529. The van der Waals surface area contributed by atoms with Crippen LogP contribution in [0.25, 0.3) is 11.1 Å². The number of hydrogen-bond acceptors (Lipinski definition) is 4. The number of oxazole rings is 1. The lowest BCUT2D eigenvalue weighted by Gasteiger charge is -2.06. The van der Waals surface area contributed by atoms with Gasteiger partial charge in [0.2, 0.25) is 0 Å². The van der Waals surface area contributed by atoms with Gasteiger partial charge in [0.1, 0.15) is 5.75 Å². The van der Waals surface area contributed by atoms with Crippen LogP contribution in [0.1, 0.15) is 47.5 Å². The lowest BCUT2D eigenvalue weighted by Crippen LogP contribution is -2.16. The maximum absolute atomic E-state index is 11.7. The van der Waals surface area contributed by atoms with Gasteiger partial charge in [-0.15, -0.1) is 0 Å². The number of aryl methyl sites for hydroxylation is 1. The van der Waals surface area contributed by atoms with Crippen LogP contribution in [-0.4, -0.2) is 22.2 Å². The van der Waals surface area contributed by atoms with Gasteiger partial charge in [0.25, 0.3) is 0 Å². The SMILES string of the molecule is CC.CC.CCCOc1cc2oc(=O)n(CCC(=O)O)c2cc1Cl. The van der Waals surface area contributed by atoms with E-state index < -0.39 is 11.7 Å².